The van der Waals surface area contributed by atoms with Gasteiger partial charge in [0, 0.05) is 12.1 Å². The van der Waals surface area contributed by atoms with Crippen molar-refractivity contribution in [1.29, 1.82) is 0 Å². The summed E-state index contributed by atoms with van der Waals surface area (Å²) in [7, 11) is 0. The maximum atomic E-state index is 14.1. The number of thiophene rings is 1. The van der Waals surface area contributed by atoms with E-state index in [1.165, 1.54) is 17.4 Å². The standard InChI is InChI=1S/C19H12ClFN2OS/c1-22-15-5-2-12(3-6-15)13-4-7-16(21)14(10-13)11-23-19(24)17-8-9-18(20)25-17/h2-10H,11H2,(H,23,24). The maximum absolute atomic E-state index is 14.1. The van der Waals surface area contributed by atoms with Crippen molar-refractivity contribution in [1.82, 2.24) is 5.32 Å². The van der Waals surface area contributed by atoms with E-state index in [0.29, 0.717) is 20.5 Å². The Kier molecular flexibility index (Phi) is 5.13. The van der Waals surface area contributed by atoms with Crippen molar-refractivity contribution >= 4 is 34.5 Å². The summed E-state index contributed by atoms with van der Waals surface area (Å²) in [4.78, 5) is 15.9. The van der Waals surface area contributed by atoms with Crippen LogP contribution in [0.15, 0.2) is 54.6 Å². The van der Waals surface area contributed by atoms with Crippen LogP contribution in [-0.4, -0.2) is 5.91 Å². The second kappa shape index (κ2) is 7.47. The monoisotopic (exact) mass is 370 g/mol. The van der Waals surface area contributed by atoms with Crippen LogP contribution < -0.4 is 5.32 Å². The second-order valence-electron chi connectivity index (χ2n) is 5.25. The third-order valence-electron chi connectivity index (χ3n) is 3.61. The number of nitrogens with zero attached hydrogens (tertiary/aromatic N) is 1. The minimum absolute atomic E-state index is 0.0775. The molecule has 6 heteroatoms. The van der Waals surface area contributed by atoms with Gasteiger partial charge in [-0.15, -0.1) is 11.3 Å². The lowest BCUT2D eigenvalue weighted by atomic mass is 10.0. The lowest BCUT2D eigenvalue weighted by Crippen LogP contribution is -2.22. The van der Waals surface area contributed by atoms with Gasteiger partial charge >= 0.3 is 0 Å². The molecule has 124 valence electrons. The molecular formula is C19H12ClFN2OS. The first-order valence-electron chi connectivity index (χ1n) is 7.36. The van der Waals surface area contributed by atoms with Gasteiger partial charge in [0.05, 0.1) is 15.8 Å². The van der Waals surface area contributed by atoms with Crippen LogP contribution in [0.25, 0.3) is 16.0 Å². The van der Waals surface area contributed by atoms with E-state index in [1.54, 1.807) is 36.4 Å². The first kappa shape index (κ1) is 17.2. The molecule has 25 heavy (non-hydrogen) atoms. The molecule has 0 unspecified atom stereocenters. The first-order chi connectivity index (χ1) is 12.1. The lowest BCUT2D eigenvalue weighted by Gasteiger charge is -2.09. The molecule has 1 amide bonds. The topological polar surface area (TPSA) is 33.5 Å². The van der Waals surface area contributed by atoms with Gasteiger partial charge in [0.15, 0.2) is 5.69 Å². The molecule has 0 atom stereocenters. The van der Waals surface area contributed by atoms with Crippen molar-refractivity contribution in [2.45, 2.75) is 6.54 Å². The van der Waals surface area contributed by atoms with E-state index < -0.39 is 0 Å². The Bertz CT molecular complexity index is 960. The molecule has 0 spiro atoms. The van der Waals surface area contributed by atoms with Gasteiger partial charge in [0.2, 0.25) is 0 Å². The van der Waals surface area contributed by atoms with E-state index in [2.05, 4.69) is 10.2 Å². The number of carbonyl (C=O) groups excluding carboxylic acids is 1. The van der Waals surface area contributed by atoms with Gasteiger partial charge in [-0.1, -0.05) is 41.9 Å². The fraction of sp³-hybridized carbons (Fsp3) is 0.0526. The Morgan fingerprint density at radius 3 is 2.48 bits per heavy atom. The number of amides is 1. The number of hydrogen-bond acceptors (Lipinski definition) is 2. The van der Waals surface area contributed by atoms with Gasteiger partial charge in [-0.05, 0) is 35.4 Å². The number of carbonyl (C=O) groups is 1. The summed E-state index contributed by atoms with van der Waals surface area (Å²) in [5.74, 6) is -0.672. The van der Waals surface area contributed by atoms with Gasteiger partial charge in [-0.3, -0.25) is 4.79 Å². The quantitative estimate of drug-likeness (QED) is 0.588. The fourth-order valence-corrected chi connectivity index (χ4v) is 3.28. The average Bonchev–Trinajstić information content (AvgIpc) is 3.07. The first-order valence-corrected chi connectivity index (χ1v) is 8.56. The molecular weight excluding hydrogens is 359 g/mol. The smallest absolute Gasteiger partial charge is 0.261 e. The Hall–Kier alpha value is -2.68. The van der Waals surface area contributed by atoms with E-state index in [4.69, 9.17) is 18.2 Å². The predicted octanol–water partition coefficient (Wildman–Crippen LogP) is 5.69. The van der Waals surface area contributed by atoms with Crippen molar-refractivity contribution < 1.29 is 9.18 Å². The lowest BCUT2D eigenvalue weighted by molar-refractivity contribution is 0.0954. The number of nitrogens with one attached hydrogen (secondary N) is 1. The molecule has 0 radical (unpaired) electrons. The Morgan fingerprint density at radius 2 is 1.84 bits per heavy atom. The van der Waals surface area contributed by atoms with Crippen molar-refractivity contribution in [2.24, 2.45) is 0 Å². The van der Waals surface area contributed by atoms with E-state index in [9.17, 15) is 9.18 Å². The third kappa shape index (κ3) is 4.05. The van der Waals surface area contributed by atoms with Crippen LogP contribution in [0.1, 0.15) is 15.2 Å². The zero-order chi connectivity index (χ0) is 17.8. The SMILES string of the molecule is [C-]#[N+]c1ccc(-c2ccc(F)c(CNC(=O)c3ccc(Cl)s3)c2)cc1. The van der Waals surface area contributed by atoms with E-state index >= 15 is 0 Å². The van der Waals surface area contributed by atoms with Crippen molar-refractivity contribution in [3.63, 3.8) is 0 Å². The number of halogens is 2. The van der Waals surface area contributed by atoms with Crippen molar-refractivity contribution in [3.05, 3.63) is 86.6 Å². The van der Waals surface area contributed by atoms with Crippen LogP contribution in [0.3, 0.4) is 0 Å². The molecule has 0 aliphatic carbocycles. The molecule has 0 saturated heterocycles. The highest BCUT2D eigenvalue weighted by Crippen LogP contribution is 2.25. The minimum atomic E-state index is -0.383. The van der Waals surface area contributed by atoms with Crippen molar-refractivity contribution in [2.75, 3.05) is 0 Å². The Labute approximate surface area is 153 Å². The summed E-state index contributed by atoms with van der Waals surface area (Å²) in [6.45, 7) is 7.05. The minimum Gasteiger partial charge on any atom is -0.347 e. The number of hydrogen-bond donors (Lipinski definition) is 1. The van der Waals surface area contributed by atoms with Crippen LogP contribution in [0, 0.1) is 12.4 Å². The number of rotatable bonds is 4. The van der Waals surface area contributed by atoms with Crippen molar-refractivity contribution in [3.8, 4) is 11.1 Å². The molecule has 0 bridgehead atoms. The molecule has 3 nitrogen and oxygen atoms in total. The molecule has 1 N–H and O–H groups in total. The van der Waals surface area contributed by atoms with Gasteiger partial charge in [0.1, 0.15) is 5.82 Å². The summed E-state index contributed by atoms with van der Waals surface area (Å²) in [5, 5.41) is 2.70. The number of benzene rings is 2. The van der Waals surface area contributed by atoms with Crippen LogP contribution in [0.5, 0.6) is 0 Å². The van der Waals surface area contributed by atoms with Gasteiger partial charge in [-0.25, -0.2) is 9.24 Å². The summed E-state index contributed by atoms with van der Waals surface area (Å²) in [6, 6.07) is 15.1. The fourth-order valence-electron chi connectivity index (χ4n) is 2.32. The molecule has 0 aliphatic rings. The summed E-state index contributed by atoms with van der Waals surface area (Å²) < 4.78 is 14.6. The van der Waals surface area contributed by atoms with E-state index in [1.807, 2.05) is 12.1 Å². The molecule has 2 aromatic carbocycles. The van der Waals surface area contributed by atoms with Crippen LogP contribution in [0.4, 0.5) is 10.1 Å². The second-order valence-corrected chi connectivity index (χ2v) is 6.97. The maximum Gasteiger partial charge on any atom is 0.261 e. The van der Waals surface area contributed by atoms with Gasteiger partial charge in [0.25, 0.3) is 5.91 Å². The molecule has 0 aliphatic heterocycles. The van der Waals surface area contributed by atoms with Crippen LogP contribution in [-0.2, 0) is 6.54 Å². The highest BCUT2D eigenvalue weighted by Gasteiger charge is 2.11. The predicted molar refractivity (Wildman–Crippen MR) is 98.6 cm³/mol. The molecule has 1 aromatic heterocycles. The van der Waals surface area contributed by atoms with E-state index in [0.717, 1.165) is 11.1 Å². The third-order valence-corrected chi connectivity index (χ3v) is 4.84. The zero-order valence-corrected chi connectivity index (χ0v) is 14.5. The highest BCUT2D eigenvalue weighted by molar-refractivity contribution is 7.17. The summed E-state index contributed by atoms with van der Waals surface area (Å²) in [5.41, 5.74) is 2.64. The Balaban J connectivity index is 1.77. The zero-order valence-electron chi connectivity index (χ0n) is 12.9. The van der Waals surface area contributed by atoms with Gasteiger partial charge in [-0.2, -0.15) is 0 Å². The molecule has 3 rings (SSSR count). The van der Waals surface area contributed by atoms with Gasteiger partial charge < -0.3 is 5.32 Å². The van der Waals surface area contributed by atoms with Crippen LogP contribution in [0.2, 0.25) is 4.34 Å². The molecule has 0 fully saturated rings. The molecule has 1 heterocycles. The largest absolute Gasteiger partial charge is 0.347 e. The summed E-state index contributed by atoms with van der Waals surface area (Å²) >= 11 is 6.99. The summed E-state index contributed by atoms with van der Waals surface area (Å²) in [6.07, 6.45) is 0. The van der Waals surface area contributed by atoms with E-state index in [-0.39, 0.29) is 18.3 Å². The molecule has 3 aromatic rings. The molecule has 0 saturated carbocycles. The van der Waals surface area contributed by atoms with Crippen LogP contribution >= 0.6 is 22.9 Å². The highest BCUT2D eigenvalue weighted by atomic mass is 35.5. The normalized spacial score (nSPS) is 10.3. The average molecular weight is 371 g/mol. The Morgan fingerprint density at radius 1 is 1.12 bits per heavy atom.